The maximum Gasteiger partial charge on any atom is 0.542 e. The number of aryl methyl sites for hydroxylation is 2. The zero-order valence-electron chi connectivity index (χ0n) is 7.55. The van der Waals surface area contributed by atoms with Gasteiger partial charge in [-0.2, -0.15) is 0 Å². The summed E-state index contributed by atoms with van der Waals surface area (Å²) in [6.45, 7) is 3.90. The second-order valence-corrected chi connectivity index (χ2v) is 2.83. The van der Waals surface area contributed by atoms with E-state index in [1.165, 1.54) is 0 Å². The van der Waals surface area contributed by atoms with Crippen molar-refractivity contribution in [3.05, 3.63) is 29.3 Å². The van der Waals surface area contributed by atoms with Gasteiger partial charge in [-0.25, -0.2) is 0 Å². The van der Waals surface area contributed by atoms with Gasteiger partial charge < -0.3 is 0 Å². The number of hydrogen-bond acceptors (Lipinski definition) is 2. The zero-order valence-corrected chi connectivity index (χ0v) is 10.5. The summed E-state index contributed by atoms with van der Waals surface area (Å²) in [6, 6.07) is 5.82. The molecule has 2 nitrogen and oxygen atoms in total. The molecule has 59 valence electrons. The van der Waals surface area contributed by atoms with Crippen LogP contribution in [0.3, 0.4) is 0 Å². The first-order valence-corrected chi connectivity index (χ1v) is 4.17. The van der Waals surface area contributed by atoms with Gasteiger partial charge in [-0.05, 0) is 35.6 Å². The molecule has 1 aromatic carbocycles. The second kappa shape index (κ2) is 5.71. The van der Waals surface area contributed by atoms with Crippen LogP contribution in [0, 0.1) is 13.8 Å². The van der Waals surface area contributed by atoms with Gasteiger partial charge in [0.15, 0.2) is 5.75 Å². The van der Waals surface area contributed by atoms with Crippen LogP contribution in [0.25, 0.3) is 0 Å². The number of hydrogen-bond donors (Lipinski definition) is 0. The summed E-state index contributed by atoms with van der Waals surface area (Å²) in [6.07, 6.45) is 0. The molecule has 1 unspecified atom stereocenters. The average molecular weight is 192 g/mol. The molecule has 0 aliphatic heterocycles. The van der Waals surface area contributed by atoms with Crippen molar-refractivity contribution in [1.29, 1.82) is 0 Å². The van der Waals surface area contributed by atoms with Crippen LogP contribution in [-0.2, 0) is 4.57 Å². The van der Waals surface area contributed by atoms with E-state index in [0.717, 1.165) is 11.1 Å². The fraction of sp³-hybridized carbons (Fsp3) is 0.250. The Hall–Kier alpha value is 0.120. The molecule has 1 atom stereocenters. The van der Waals surface area contributed by atoms with E-state index < -0.39 is 8.69 Å². The molecule has 0 aromatic heterocycles. The van der Waals surface area contributed by atoms with Crippen LogP contribution in [0.15, 0.2) is 18.2 Å². The Kier molecular flexibility index (Phi) is 5.77. The van der Waals surface area contributed by atoms with Crippen molar-refractivity contribution >= 4 is 38.2 Å². The minimum absolute atomic E-state index is 0. The van der Waals surface area contributed by atoms with Gasteiger partial charge >= 0.3 is 8.69 Å². The van der Waals surface area contributed by atoms with E-state index >= 15 is 0 Å². The Balaban J connectivity index is 0.00000121. The molecule has 0 saturated carbocycles. The van der Waals surface area contributed by atoms with Crippen molar-refractivity contribution in [2.24, 2.45) is 0 Å². The monoisotopic (exact) mass is 192 g/mol. The van der Waals surface area contributed by atoms with E-state index in [9.17, 15) is 4.57 Å². The third kappa shape index (κ3) is 3.24. The molecule has 0 fully saturated rings. The predicted octanol–water partition coefficient (Wildman–Crippen LogP) is 2.24. The molecule has 0 bridgehead atoms. The molecule has 0 amide bonds. The average Bonchev–Trinajstić information content (AvgIpc) is 1.98. The van der Waals surface area contributed by atoms with E-state index in [0.29, 0.717) is 5.75 Å². The van der Waals surface area contributed by atoms with Crippen molar-refractivity contribution in [2.45, 2.75) is 13.8 Å². The second-order valence-electron chi connectivity index (χ2n) is 2.45. The van der Waals surface area contributed by atoms with E-state index in [2.05, 4.69) is 0 Å². The fourth-order valence-corrected chi connectivity index (χ4v) is 1.17. The third-order valence-electron chi connectivity index (χ3n) is 1.50. The van der Waals surface area contributed by atoms with Crippen molar-refractivity contribution in [2.75, 3.05) is 0 Å². The van der Waals surface area contributed by atoms with E-state index in [1.807, 2.05) is 32.0 Å². The SMILES string of the molecule is Cc1ccc(C)c(O[PH+]=O)c1.[Na]. The molecular weight excluding hydrogens is 182 g/mol. The molecule has 0 aliphatic carbocycles. The van der Waals surface area contributed by atoms with Crippen LogP contribution in [0.5, 0.6) is 5.75 Å². The van der Waals surface area contributed by atoms with E-state index in [-0.39, 0.29) is 29.6 Å². The van der Waals surface area contributed by atoms with E-state index in [4.69, 9.17) is 4.52 Å². The Morgan fingerprint density at radius 3 is 2.58 bits per heavy atom. The van der Waals surface area contributed by atoms with Gasteiger partial charge in [0, 0.05) is 29.6 Å². The normalized spacial score (nSPS) is 9.17. The maximum atomic E-state index is 10.2. The molecule has 0 saturated heterocycles. The first kappa shape index (κ1) is 12.1. The molecule has 0 N–H and O–H groups in total. The Morgan fingerprint density at radius 1 is 1.33 bits per heavy atom. The summed E-state index contributed by atoms with van der Waals surface area (Å²) in [5, 5.41) is 0. The largest absolute Gasteiger partial charge is 0.542 e. The first-order chi connectivity index (χ1) is 5.24. The maximum absolute atomic E-state index is 10.2. The summed E-state index contributed by atoms with van der Waals surface area (Å²) >= 11 is 0. The molecule has 4 heteroatoms. The van der Waals surface area contributed by atoms with Gasteiger partial charge in [0.2, 0.25) is 0 Å². The summed E-state index contributed by atoms with van der Waals surface area (Å²) in [5.41, 5.74) is 2.13. The number of rotatable bonds is 2. The molecule has 1 radical (unpaired) electrons. The quantitative estimate of drug-likeness (QED) is 0.530. The third-order valence-corrected chi connectivity index (χ3v) is 1.80. The van der Waals surface area contributed by atoms with Crippen LogP contribution in [0.2, 0.25) is 0 Å². The van der Waals surface area contributed by atoms with Gasteiger partial charge in [-0.3, -0.25) is 4.52 Å². The summed E-state index contributed by atoms with van der Waals surface area (Å²) in [5.74, 6) is 0.707. The van der Waals surface area contributed by atoms with Gasteiger partial charge in [0.05, 0.1) is 0 Å². The Labute approximate surface area is 95.9 Å². The summed E-state index contributed by atoms with van der Waals surface area (Å²) < 4.78 is 15.1. The van der Waals surface area contributed by atoms with E-state index in [1.54, 1.807) is 0 Å². The van der Waals surface area contributed by atoms with Gasteiger partial charge in [-0.15, -0.1) is 0 Å². The molecule has 1 rings (SSSR count). The number of benzene rings is 1. The molecule has 0 heterocycles. The van der Waals surface area contributed by atoms with Crippen LogP contribution >= 0.6 is 8.69 Å². The van der Waals surface area contributed by atoms with Gasteiger partial charge in [0.1, 0.15) is 0 Å². The van der Waals surface area contributed by atoms with Crippen LogP contribution in [0.1, 0.15) is 11.1 Å². The van der Waals surface area contributed by atoms with Crippen LogP contribution in [0.4, 0.5) is 0 Å². The Bertz CT molecular complexity index is 276. The predicted molar refractivity (Wildman–Crippen MR) is 51.3 cm³/mol. The first-order valence-electron chi connectivity index (χ1n) is 3.35. The fourth-order valence-electron chi connectivity index (χ4n) is 0.862. The van der Waals surface area contributed by atoms with Crippen molar-refractivity contribution in [3.8, 4) is 5.75 Å². The van der Waals surface area contributed by atoms with Crippen molar-refractivity contribution in [3.63, 3.8) is 0 Å². The summed E-state index contributed by atoms with van der Waals surface area (Å²) in [7, 11) is -0.722. The minimum Gasteiger partial charge on any atom is -0.256 e. The Morgan fingerprint density at radius 2 is 2.00 bits per heavy atom. The molecule has 0 aliphatic rings. The van der Waals surface area contributed by atoms with Gasteiger partial charge in [0.25, 0.3) is 0 Å². The van der Waals surface area contributed by atoms with Crippen LogP contribution < -0.4 is 4.52 Å². The summed E-state index contributed by atoms with van der Waals surface area (Å²) in [4.78, 5) is 0. The van der Waals surface area contributed by atoms with Crippen molar-refractivity contribution < 1.29 is 9.09 Å². The smallest absolute Gasteiger partial charge is 0.256 e. The molecule has 0 spiro atoms. The zero-order chi connectivity index (χ0) is 8.27. The molecule has 1 aromatic rings. The van der Waals surface area contributed by atoms with Crippen molar-refractivity contribution in [1.82, 2.24) is 0 Å². The molecule has 12 heavy (non-hydrogen) atoms. The van der Waals surface area contributed by atoms with Gasteiger partial charge in [-0.1, -0.05) is 12.1 Å². The minimum atomic E-state index is -0.722. The standard InChI is InChI=1S/C8H10O2P.Na/c1-6-3-4-7(2)8(5-6)10-11-9;/h3-5,11H,1-2H3;/q+1;. The molecular formula is C8H10NaO2P+. The van der Waals surface area contributed by atoms with Crippen LogP contribution in [-0.4, -0.2) is 29.6 Å². The topological polar surface area (TPSA) is 26.3 Å².